The fraction of sp³-hybridized carbons (Fsp3) is 0.200. The van der Waals surface area contributed by atoms with Gasteiger partial charge < -0.3 is 20.9 Å². The van der Waals surface area contributed by atoms with Crippen molar-refractivity contribution >= 4 is 40.3 Å². The highest BCUT2D eigenvalue weighted by Gasteiger charge is 2.21. The zero-order valence-electron chi connectivity index (χ0n) is 15.1. The lowest BCUT2D eigenvalue weighted by Gasteiger charge is -2.37. The molecule has 1 aromatic heterocycles. The monoisotopic (exact) mass is 398 g/mol. The number of hydrogen-bond donors (Lipinski definition) is 2. The molecule has 8 heteroatoms. The minimum absolute atomic E-state index is 0.0369. The van der Waals surface area contributed by atoms with Crippen LogP contribution in [-0.2, 0) is 0 Å². The van der Waals surface area contributed by atoms with E-state index in [1.807, 2.05) is 18.2 Å². The van der Waals surface area contributed by atoms with E-state index in [2.05, 4.69) is 37.2 Å². The summed E-state index contributed by atoms with van der Waals surface area (Å²) in [6.45, 7) is 3.36. The summed E-state index contributed by atoms with van der Waals surface area (Å²) in [7, 11) is 0. The second kappa shape index (κ2) is 7.90. The number of piperazine rings is 1. The van der Waals surface area contributed by atoms with Crippen LogP contribution in [0.4, 0.5) is 33.1 Å². The first-order valence-electron chi connectivity index (χ1n) is 8.99. The second-order valence-electron chi connectivity index (χ2n) is 6.52. The molecule has 0 saturated carbocycles. The van der Waals surface area contributed by atoms with E-state index in [4.69, 9.17) is 17.3 Å². The van der Waals surface area contributed by atoms with Gasteiger partial charge in [0.25, 0.3) is 0 Å². The molecule has 0 amide bonds. The van der Waals surface area contributed by atoms with Gasteiger partial charge in [-0.1, -0.05) is 29.8 Å². The Bertz CT molecular complexity index is 960. The number of nitrogens with one attached hydrogen (secondary N) is 1. The normalized spacial score (nSPS) is 14.2. The van der Waals surface area contributed by atoms with Crippen LogP contribution in [-0.4, -0.2) is 36.1 Å². The molecule has 1 aliphatic heterocycles. The van der Waals surface area contributed by atoms with E-state index in [-0.39, 0.29) is 5.02 Å². The minimum Gasteiger partial charge on any atom is -0.393 e. The van der Waals surface area contributed by atoms with Crippen molar-refractivity contribution in [1.82, 2.24) is 9.97 Å². The second-order valence-corrected chi connectivity index (χ2v) is 6.93. The van der Waals surface area contributed by atoms with Crippen LogP contribution in [0.1, 0.15) is 0 Å². The van der Waals surface area contributed by atoms with Crippen molar-refractivity contribution in [2.75, 3.05) is 47.0 Å². The van der Waals surface area contributed by atoms with Crippen LogP contribution in [0.3, 0.4) is 0 Å². The summed E-state index contributed by atoms with van der Waals surface area (Å²) in [5.74, 6) is 0.691. The molecule has 1 aliphatic rings. The van der Waals surface area contributed by atoms with Crippen molar-refractivity contribution in [3.05, 3.63) is 65.7 Å². The van der Waals surface area contributed by atoms with Crippen LogP contribution in [0.25, 0.3) is 0 Å². The van der Waals surface area contributed by atoms with E-state index in [1.165, 1.54) is 24.1 Å². The molecule has 1 saturated heterocycles. The molecule has 4 rings (SSSR count). The smallest absolute Gasteiger partial charge is 0.159 e. The summed E-state index contributed by atoms with van der Waals surface area (Å²) < 4.78 is 13.4. The molecule has 3 N–H and O–H groups in total. The lowest BCUT2D eigenvalue weighted by atomic mass is 10.2. The number of nitrogens with two attached hydrogens (primary N) is 1. The highest BCUT2D eigenvalue weighted by atomic mass is 35.5. The van der Waals surface area contributed by atoms with Crippen molar-refractivity contribution in [2.45, 2.75) is 0 Å². The molecule has 2 heterocycles. The van der Waals surface area contributed by atoms with E-state index in [0.717, 1.165) is 26.2 Å². The fourth-order valence-electron chi connectivity index (χ4n) is 3.26. The van der Waals surface area contributed by atoms with Gasteiger partial charge in [0.05, 0.1) is 5.02 Å². The van der Waals surface area contributed by atoms with Gasteiger partial charge in [-0.25, -0.2) is 14.4 Å². The van der Waals surface area contributed by atoms with E-state index < -0.39 is 5.82 Å². The van der Waals surface area contributed by atoms with Crippen LogP contribution >= 0.6 is 11.6 Å². The number of hydrogen-bond acceptors (Lipinski definition) is 6. The average molecular weight is 399 g/mol. The van der Waals surface area contributed by atoms with Gasteiger partial charge in [-0.15, -0.1) is 0 Å². The standard InChI is InChI=1S/C20H20ClFN6/c21-16-12-14(6-7-17(16)22)26-19-18(23)20(25-13-24-19)28-10-8-27(9-11-28)15-4-2-1-3-5-15/h1-7,12-13H,8-11,23H2,(H,24,25,26). The maximum Gasteiger partial charge on any atom is 0.159 e. The van der Waals surface area contributed by atoms with Crippen molar-refractivity contribution in [2.24, 2.45) is 0 Å². The SMILES string of the molecule is Nc1c(Nc2ccc(F)c(Cl)c2)ncnc1N1CCN(c2ccccc2)CC1. The molecule has 0 atom stereocenters. The molecular formula is C20H20ClFN6. The Morgan fingerprint density at radius 1 is 0.964 bits per heavy atom. The average Bonchev–Trinajstić information content (AvgIpc) is 2.73. The lowest BCUT2D eigenvalue weighted by molar-refractivity contribution is 0.628. The molecular weight excluding hydrogens is 379 g/mol. The Kier molecular flexibility index (Phi) is 5.16. The van der Waals surface area contributed by atoms with Crippen LogP contribution < -0.4 is 20.9 Å². The third-order valence-electron chi connectivity index (χ3n) is 4.75. The number of aromatic nitrogens is 2. The molecule has 2 aromatic carbocycles. The first kappa shape index (κ1) is 18.3. The first-order valence-corrected chi connectivity index (χ1v) is 9.37. The zero-order chi connectivity index (χ0) is 19.5. The highest BCUT2D eigenvalue weighted by molar-refractivity contribution is 6.31. The van der Waals surface area contributed by atoms with Gasteiger partial charge in [0.1, 0.15) is 17.8 Å². The summed E-state index contributed by atoms with van der Waals surface area (Å²) in [6.07, 6.45) is 1.47. The minimum atomic E-state index is -0.472. The van der Waals surface area contributed by atoms with Crippen LogP contribution in [0.15, 0.2) is 54.9 Å². The van der Waals surface area contributed by atoms with Crippen molar-refractivity contribution in [3.8, 4) is 0 Å². The molecule has 6 nitrogen and oxygen atoms in total. The summed E-state index contributed by atoms with van der Waals surface area (Å²) >= 11 is 5.85. The van der Waals surface area contributed by atoms with Gasteiger partial charge in [-0.3, -0.25) is 0 Å². The summed E-state index contributed by atoms with van der Waals surface area (Å²) in [6, 6.07) is 14.7. The predicted octanol–water partition coefficient (Wildman–Crippen LogP) is 3.92. The van der Waals surface area contributed by atoms with Gasteiger partial charge in [0.2, 0.25) is 0 Å². The molecule has 0 bridgehead atoms. The zero-order valence-corrected chi connectivity index (χ0v) is 15.9. The van der Waals surface area contributed by atoms with Crippen molar-refractivity contribution in [1.29, 1.82) is 0 Å². The van der Waals surface area contributed by atoms with E-state index in [9.17, 15) is 4.39 Å². The Morgan fingerprint density at radius 3 is 2.39 bits per heavy atom. The summed E-state index contributed by atoms with van der Waals surface area (Å²) in [5.41, 5.74) is 8.60. The number of rotatable bonds is 4. The van der Waals surface area contributed by atoms with E-state index >= 15 is 0 Å². The molecule has 144 valence electrons. The van der Waals surface area contributed by atoms with Gasteiger partial charge >= 0.3 is 0 Å². The summed E-state index contributed by atoms with van der Waals surface area (Å²) in [5, 5.41) is 3.13. The Labute approximate surface area is 167 Å². The van der Waals surface area contributed by atoms with Crippen LogP contribution in [0, 0.1) is 5.82 Å². The number of halogens is 2. The lowest BCUT2D eigenvalue weighted by Crippen LogP contribution is -2.47. The molecule has 0 radical (unpaired) electrons. The van der Waals surface area contributed by atoms with E-state index in [1.54, 1.807) is 6.07 Å². The Balaban J connectivity index is 1.49. The maximum atomic E-state index is 13.4. The Morgan fingerprint density at radius 2 is 1.68 bits per heavy atom. The number of nitrogen functional groups attached to an aromatic ring is 1. The summed E-state index contributed by atoms with van der Waals surface area (Å²) in [4.78, 5) is 13.1. The third-order valence-corrected chi connectivity index (χ3v) is 5.04. The molecule has 0 unspecified atom stereocenters. The molecule has 0 aliphatic carbocycles. The largest absolute Gasteiger partial charge is 0.393 e. The fourth-order valence-corrected chi connectivity index (χ4v) is 3.44. The van der Waals surface area contributed by atoms with Gasteiger partial charge in [-0.05, 0) is 30.3 Å². The number of nitrogens with zero attached hydrogens (tertiary/aromatic N) is 4. The molecule has 3 aromatic rings. The molecule has 28 heavy (non-hydrogen) atoms. The maximum absolute atomic E-state index is 13.4. The highest BCUT2D eigenvalue weighted by Crippen LogP contribution is 2.30. The number of para-hydroxylation sites is 1. The molecule has 0 spiro atoms. The van der Waals surface area contributed by atoms with Crippen molar-refractivity contribution < 1.29 is 4.39 Å². The van der Waals surface area contributed by atoms with Gasteiger partial charge in [0.15, 0.2) is 11.6 Å². The number of benzene rings is 2. The van der Waals surface area contributed by atoms with Gasteiger partial charge in [0, 0.05) is 37.6 Å². The number of anilines is 5. The first-order chi connectivity index (χ1) is 13.6. The Hall–Kier alpha value is -3.06. The van der Waals surface area contributed by atoms with Crippen LogP contribution in [0.5, 0.6) is 0 Å². The molecule has 1 fully saturated rings. The van der Waals surface area contributed by atoms with Crippen LogP contribution in [0.2, 0.25) is 5.02 Å². The predicted molar refractivity (Wildman–Crippen MR) is 112 cm³/mol. The van der Waals surface area contributed by atoms with Crippen molar-refractivity contribution in [3.63, 3.8) is 0 Å². The quantitative estimate of drug-likeness (QED) is 0.694. The topological polar surface area (TPSA) is 70.3 Å². The van der Waals surface area contributed by atoms with Gasteiger partial charge in [-0.2, -0.15) is 0 Å². The third kappa shape index (κ3) is 3.80. The van der Waals surface area contributed by atoms with E-state index in [0.29, 0.717) is 23.0 Å².